The molecule has 1 heterocycles. The predicted molar refractivity (Wildman–Crippen MR) is 101 cm³/mol. The minimum atomic E-state index is -0.538. The van der Waals surface area contributed by atoms with E-state index in [-0.39, 0.29) is 18.5 Å². The molecule has 0 bridgehead atoms. The molecular formula is C22H17NO4. The van der Waals surface area contributed by atoms with Crippen LogP contribution in [0.15, 0.2) is 78.9 Å². The highest BCUT2D eigenvalue weighted by Crippen LogP contribution is 2.33. The molecule has 0 aromatic heterocycles. The van der Waals surface area contributed by atoms with Crippen molar-refractivity contribution >= 4 is 17.6 Å². The molecule has 3 aromatic carbocycles. The first-order valence-corrected chi connectivity index (χ1v) is 8.59. The molecule has 5 nitrogen and oxygen atoms in total. The number of esters is 1. The Morgan fingerprint density at radius 2 is 1.56 bits per heavy atom. The molecule has 27 heavy (non-hydrogen) atoms. The van der Waals surface area contributed by atoms with Crippen LogP contribution in [0.3, 0.4) is 0 Å². The lowest BCUT2D eigenvalue weighted by molar-refractivity contribution is -0.135. The van der Waals surface area contributed by atoms with Crippen LogP contribution < -0.4 is 14.8 Å². The maximum atomic E-state index is 13.0. The molecule has 134 valence electrons. The van der Waals surface area contributed by atoms with Crippen molar-refractivity contribution in [1.82, 2.24) is 0 Å². The SMILES string of the molecule is O=C1COc2cc(OC(=O)C(c3ccccc3)c3ccccc3)ccc2N1. The van der Waals surface area contributed by atoms with Gasteiger partial charge in [0.05, 0.1) is 5.69 Å². The standard InChI is InChI=1S/C22H17NO4/c24-20-14-26-19-13-17(11-12-18(19)23-20)27-22(25)21(15-7-3-1-4-8-15)16-9-5-2-6-10-16/h1-13,21H,14H2,(H,23,24). The van der Waals surface area contributed by atoms with Crippen LogP contribution in [0, 0.1) is 0 Å². The number of rotatable bonds is 4. The van der Waals surface area contributed by atoms with Gasteiger partial charge in [-0.05, 0) is 23.3 Å². The van der Waals surface area contributed by atoms with Crippen LogP contribution in [-0.2, 0) is 9.59 Å². The van der Waals surface area contributed by atoms with Crippen LogP contribution in [-0.4, -0.2) is 18.5 Å². The number of hydrogen-bond acceptors (Lipinski definition) is 4. The summed E-state index contributed by atoms with van der Waals surface area (Å²) in [6.07, 6.45) is 0. The third kappa shape index (κ3) is 3.67. The maximum Gasteiger partial charge on any atom is 0.323 e. The number of nitrogens with one attached hydrogen (secondary N) is 1. The average molecular weight is 359 g/mol. The number of benzene rings is 3. The molecule has 0 spiro atoms. The summed E-state index contributed by atoms with van der Waals surface area (Å²) in [5, 5.41) is 2.71. The number of amides is 1. The van der Waals surface area contributed by atoms with E-state index in [2.05, 4.69) is 5.32 Å². The Labute approximate surface area is 156 Å². The molecule has 4 rings (SSSR count). The molecule has 0 aliphatic carbocycles. The van der Waals surface area contributed by atoms with Gasteiger partial charge in [0, 0.05) is 6.07 Å². The van der Waals surface area contributed by atoms with Gasteiger partial charge in [0.2, 0.25) is 0 Å². The molecule has 3 aromatic rings. The zero-order valence-corrected chi connectivity index (χ0v) is 14.4. The fourth-order valence-corrected chi connectivity index (χ4v) is 3.05. The van der Waals surface area contributed by atoms with Crippen molar-refractivity contribution < 1.29 is 19.1 Å². The second-order valence-corrected chi connectivity index (χ2v) is 6.17. The van der Waals surface area contributed by atoms with Crippen molar-refractivity contribution in [3.8, 4) is 11.5 Å². The van der Waals surface area contributed by atoms with Gasteiger partial charge in [0.1, 0.15) is 17.4 Å². The van der Waals surface area contributed by atoms with Crippen LogP contribution in [0.1, 0.15) is 17.0 Å². The Kier molecular flexibility index (Phi) is 4.58. The topological polar surface area (TPSA) is 64.6 Å². The fourth-order valence-electron chi connectivity index (χ4n) is 3.05. The first kappa shape index (κ1) is 16.8. The Morgan fingerprint density at radius 1 is 0.926 bits per heavy atom. The van der Waals surface area contributed by atoms with Crippen LogP contribution in [0.25, 0.3) is 0 Å². The normalized spacial score (nSPS) is 12.7. The minimum Gasteiger partial charge on any atom is -0.481 e. The predicted octanol–water partition coefficient (Wildman–Crippen LogP) is 3.76. The van der Waals surface area contributed by atoms with Gasteiger partial charge >= 0.3 is 5.97 Å². The van der Waals surface area contributed by atoms with Crippen LogP contribution in [0.4, 0.5) is 5.69 Å². The van der Waals surface area contributed by atoms with Gasteiger partial charge < -0.3 is 14.8 Å². The van der Waals surface area contributed by atoms with E-state index in [0.717, 1.165) is 11.1 Å². The van der Waals surface area contributed by atoms with Gasteiger partial charge in [-0.25, -0.2) is 0 Å². The molecule has 1 amide bonds. The Morgan fingerprint density at radius 3 is 2.19 bits per heavy atom. The summed E-state index contributed by atoms with van der Waals surface area (Å²) < 4.78 is 11.0. The Balaban J connectivity index is 1.62. The van der Waals surface area contributed by atoms with Crippen molar-refractivity contribution in [2.75, 3.05) is 11.9 Å². The Hall–Kier alpha value is -3.60. The van der Waals surface area contributed by atoms with Gasteiger partial charge in [-0.15, -0.1) is 0 Å². The lowest BCUT2D eigenvalue weighted by atomic mass is 9.91. The summed E-state index contributed by atoms with van der Waals surface area (Å²) in [4.78, 5) is 24.4. The zero-order valence-electron chi connectivity index (χ0n) is 14.4. The van der Waals surface area contributed by atoms with Gasteiger partial charge in [-0.1, -0.05) is 60.7 Å². The summed E-state index contributed by atoms with van der Waals surface area (Å²) in [6, 6.07) is 23.9. The number of hydrogen-bond donors (Lipinski definition) is 1. The van der Waals surface area contributed by atoms with E-state index in [1.54, 1.807) is 18.2 Å². The number of carbonyl (C=O) groups excluding carboxylic acids is 2. The molecular weight excluding hydrogens is 342 g/mol. The summed E-state index contributed by atoms with van der Waals surface area (Å²) in [6.45, 7) is -0.0545. The van der Waals surface area contributed by atoms with Crippen molar-refractivity contribution in [2.24, 2.45) is 0 Å². The summed E-state index contributed by atoms with van der Waals surface area (Å²) in [5.74, 6) is -0.278. The monoisotopic (exact) mass is 359 g/mol. The average Bonchev–Trinajstić information content (AvgIpc) is 2.70. The molecule has 0 saturated carbocycles. The molecule has 0 fully saturated rings. The molecule has 0 unspecified atom stereocenters. The molecule has 1 aliphatic heterocycles. The molecule has 0 atom stereocenters. The number of anilines is 1. The summed E-state index contributed by atoms with van der Waals surface area (Å²) in [5.41, 5.74) is 2.28. The summed E-state index contributed by atoms with van der Waals surface area (Å²) >= 11 is 0. The first-order valence-electron chi connectivity index (χ1n) is 8.59. The Bertz CT molecular complexity index is 931. The van der Waals surface area contributed by atoms with Crippen LogP contribution >= 0.6 is 0 Å². The zero-order chi connectivity index (χ0) is 18.6. The van der Waals surface area contributed by atoms with Gasteiger partial charge in [0.15, 0.2) is 6.61 Å². The van der Waals surface area contributed by atoms with Gasteiger partial charge in [-0.3, -0.25) is 9.59 Å². The van der Waals surface area contributed by atoms with Crippen molar-refractivity contribution in [3.05, 3.63) is 90.0 Å². The number of ether oxygens (including phenoxy) is 2. The van der Waals surface area contributed by atoms with Crippen molar-refractivity contribution in [2.45, 2.75) is 5.92 Å². The van der Waals surface area contributed by atoms with Crippen LogP contribution in [0.5, 0.6) is 11.5 Å². The second kappa shape index (κ2) is 7.33. The second-order valence-electron chi connectivity index (χ2n) is 6.17. The molecule has 5 heteroatoms. The van der Waals surface area contributed by atoms with E-state index in [9.17, 15) is 9.59 Å². The third-order valence-electron chi connectivity index (χ3n) is 4.31. The van der Waals surface area contributed by atoms with Crippen molar-refractivity contribution in [1.29, 1.82) is 0 Å². The van der Waals surface area contributed by atoms with E-state index in [4.69, 9.17) is 9.47 Å². The third-order valence-corrected chi connectivity index (χ3v) is 4.31. The highest BCUT2D eigenvalue weighted by molar-refractivity contribution is 5.95. The molecule has 0 radical (unpaired) electrons. The number of fused-ring (bicyclic) bond motifs is 1. The molecule has 0 saturated heterocycles. The van der Waals surface area contributed by atoms with E-state index < -0.39 is 5.92 Å². The highest BCUT2D eigenvalue weighted by atomic mass is 16.5. The fraction of sp³-hybridized carbons (Fsp3) is 0.0909. The lowest BCUT2D eigenvalue weighted by Crippen LogP contribution is -2.25. The maximum absolute atomic E-state index is 13.0. The van der Waals surface area contributed by atoms with Gasteiger partial charge in [0.25, 0.3) is 5.91 Å². The van der Waals surface area contributed by atoms with E-state index in [1.165, 1.54) is 0 Å². The lowest BCUT2D eigenvalue weighted by Gasteiger charge is -2.20. The minimum absolute atomic E-state index is 0.0545. The first-order chi connectivity index (χ1) is 13.2. The van der Waals surface area contributed by atoms with Crippen LogP contribution in [0.2, 0.25) is 0 Å². The van der Waals surface area contributed by atoms with E-state index in [1.807, 2.05) is 60.7 Å². The number of carbonyl (C=O) groups is 2. The van der Waals surface area contributed by atoms with Crippen molar-refractivity contribution in [3.63, 3.8) is 0 Å². The highest BCUT2D eigenvalue weighted by Gasteiger charge is 2.25. The quantitative estimate of drug-likeness (QED) is 0.569. The van der Waals surface area contributed by atoms with Gasteiger partial charge in [-0.2, -0.15) is 0 Å². The largest absolute Gasteiger partial charge is 0.481 e. The molecule has 1 N–H and O–H groups in total. The molecule has 1 aliphatic rings. The smallest absolute Gasteiger partial charge is 0.323 e. The summed E-state index contributed by atoms with van der Waals surface area (Å²) in [7, 11) is 0. The van der Waals surface area contributed by atoms with E-state index in [0.29, 0.717) is 17.2 Å². The van der Waals surface area contributed by atoms with E-state index >= 15 is 0 Å².